The van der Waals surface area contributed by atoms with Crippen LogP contribution >= 0.6 is 8.53 Å². The molecule has 62 heavy (non-hydrogen) atoms. The van der Waals surface area contributed by atoms with Crippen LogP contribution in [0, 0.1) is 11.3 Å². The van der Waals surface area contributed by atoms with Crippen molar-refractivity contribution in [2.24, 2.45) is 0 Å². The van der Waals surface area contributed by atoms with Crippen molar-refractivity contribution in [2.75, 3.05) is 34.0 Å². The Kier molecular flexibility index (Phi) is 16.9. The molecule has 5 rings (SSSR count). The van der Waals surface area contributed by atoms with E-state index in [1.165, 1.54) is 10.8 Å². The van der Waals surface area contributed by atoms with Crippen molar-refractivity contribution < 1.29 is 46.0 Å². The quantitative estimate of drug-likeness (QED) is 0.0497. The molecule has 0 spiro atoms. The number of H-pyrrole nitrogens is 1. The van der Waals surface area contributed by atoms with Gasteiger partial charge in [0.25, 0.3) is 14.1 Å². The van der Waals surface area contributed by atoms with E-state index in [9.17, 15) is 32.8 Å². The molecule has 4 aromatic rings. The Bertz CT molecular complexity index is 2160. The van der Waals surface area contributed by atoms with Crippen LogP contribution in [-0.4, -0.2) is 84.6 Å². The van der Waals surface area contributed by atoms with Crippen molar-refractivity contribution in [1.82, 2.24) is 19.5 Å². The second-order valence-corrected chi connectivity index (χ2v) is 16.5. The average Bonchev–Trinajstić information content (AvgIpc) is 3.65. The Morgan fingerprint density at radius 2 is 1.53 bits per heavy atom. The van der Waals surface area contributed by atoms with Crippen LogP contribution in [0.25, 0.3) is 0 Å². The summed E-state index contributed by atoms with van der Waals surface area (Å²) >= 11 is 0. The number of nitrogens with zero attached hydrogens (tertiary/aromatic N) is 3. The maximum absolute atomic E-state index is 13.5. The van der Waals surface area contributed by atoms with Gasteiger partial charge in [-0.25, -0.2) is 9.46 Å². The summed E-state index contributed by atoms with van der Waals surface area (Å²) in [6.45, 7) is 7.69. The maximum atomic E-state index is 13.5. The zero-order chi connectivity index (χ0) is 45.0. The summed E-state index contributed by atoms with van der Waals surface area (Å²) in [5.74, 6) is -0.806. The Labute approximate surface area is 359 Å². The molecule has 0 radical (unpaired) electrons. The van der Waals surface area contributed by atoms with Crippen LogP contribution in [-0.2, 0) is 35.3 Å². The summed E-state index contributed by atoms with van der Waals surface area (Å²) in [4.78, 5) is 40.0. The normalized spacial score (nSPS) is 17.3. The first kappa shape index (κ1) is 48.0. The molecule has 1 amide bonds. The van der Waals surface area contributed by atoms with Crippen LogP contribution in [0.5, 0.6) is 11.5 Å². The van der Waals surface area contributed by atoms with E-state index < -0.39 is 55.9 Å². The maximum Gasteiger partial charge on any atom is 0.471 e. The fourth-order valence-electron chi connectivity index (χ4n) is 7.32. The molecular formula is C44H53F3N5O9P. The molecule has 3 aromatic carbocycles. The molecule has 18 heteroatoms. The van der Waals surface area contributed by atoms with Gasteiger partial charge in [0, 0.05) is 36.8 Å². The van der Waals surface area contributed by atoms with Crippen molar-refractivity contribution in [3.05, 3.63) is 128 Å². The number of aryl methyl sites for hydroxylation is 1. The van der Waals surface area contributed by atoms with Gasteiger partial charge in [-0.1, -0.05) is 54.6 Å². The number of aromatic nitrogens is 2. The number of methoxy groups -OCH3 is 2. The van der Waals surface area contributed by atoms with Gasteiger partial charge in [-0.15, -0.1) is 0 Å². The number of hydrogen-bond acceptors (Lipinski definition) is 11. The number of carbonyl (C=O) groups excluding carboxylic acids is 1. The lowest BCUT2D eigenvalue weighted by Gasteiger charge is -2.39. The summed E-state index contributed by atoms with van der Waals surface area (Å²) in [7, 11) is 1.36. The molecule has 2 N–H and O–H groups in total. The number of amides is 1. The lowest BCUT2D eigenvalue weighted by Crippen LogP contribution is -2.39. The van der Waals surface area contributed by atoms with Gasteiger partial charge in [0.15, 0.2) is 0 Å². The fraction of sp³-hybridized carbons (Fsp3) is 0.455. The van der Waals surface area contributed by atoms with E-state index in [1.807, 2.05) is 107 Å². The van der Waals surface area contributed by atoms with Crippen LogP contribution in [0.3, 0.4) is 0 Å². The second kappa shape index (κ2) is 21.8. The van der Waals surface area contributed by atoms with Crippen LogP contribution < -0.4 is 26.0 Å². The number of halogens is 3. The number of rotatable bonds is 21. The van der Waals surface area contributed by atoms with Crippen molar-refractivity contribution in [3.63, 3.8) is 0 Å². The molecule has 0 saturated carbocycles. The Morgan fingerprint density at radius 1 is 0.952 bits per heavy atom. The van der Waals surface area contributed by atoms with E-state index in [0.717, 1.165) is 16.7 Å². The monoisotopic (exact) mass is 883 g/mol. The smallest absolute Gasteiger partial charge is 0.471 e. The number of hydrogen-bond donors (Lipinski definition) is 2. The summed E-state index contributed by atoms with van der Waals surface area (Å²) in [5.41, 5.74) is -0.312. The largest absolute Gasteiger partial charge is 0.497 e. The molecule has 334 valence electrons. The van der Waals surface area contributed by atoms with Crippen LogP contribution in [0.4, 0.5) is 13.2 Å². The second-order valence-electron chi connectivity index (χ2n) is 15.0. The minimum Gasteiger partial charge on any atom is -0.497 e. The first-order chi connectivity index (χ1) is 29.6. The summed E-state index contributed by atoms with van der Waals surface area (Å²) in [6.07, 6.45) is -6.20. The zero-order valence-electron chi connectivity index (χ0n) is 35.5. The Hall–Kier alpha value is -5.08. The van der Waals surface area contributed by atoms with E-state index >= 15 is 0 Å². The van der Waals surface area contributed by atoms with Crippen LogP contribution in [0.1, 0.15) is 75.4 Å². The van der Waals surface area contributed by atoms with Gasteiger partial charge in [0.1, 0.15) is 29.4 Å². The molecule has 14 nitrogen and oxygen atoms in total. The van der Waals surface area contributed by atoms with Crippen molar-refractivity contribution in [2.45, 2.75) is 95.7 Å². The molecule has 1 saturated heterocycles. The lowest BCUT2D eigenvalue weighted by atomic mass is 9.80. The molecular weight excluding hydrogens is 830 g/mol. The number of alkyl halides is 3. The third-order valence-electron chi connectivity index (χ3n) is 10.2. The van der Waals surface area contributed by atoms with E-state index in [0.29, 0.717) is 11.5 Å². The number of nitrogens with one attached hydrogen (secondary N) is 2. The van der Waals surface area contributed by atoms with E-state index in [4.69, 9.17) is 28.0 Å². The van der Waals surface area contributed by atoms with Gasteiger partial charge < -0.3 is 33.3 Å². The minimum atomic E-state index is -5.05. The standard InChI is InChI=1S/C44H53F3N5O9P/c1-29(2)52(30(3)4)62(59-25-11-23-48)61-37-26-39(51-27-31(40(53)50-42(51)55)12-10-24-49-41(54)44(45,46)47)60-38(37)28-58-43(32-13-8-7-9-14-32,33-15-19-35(56-5)20-16-33)34-17-21-36(57-6)22-18-34/h7-9,13-22,27,29-30,37-39H,10-12,24-26,28H2,1-6H3,(H,49,54)(H,50,53,55)/t37-,38+,39+,62?/m0/s1. The minimum absolute atomic E-state index is 0.0142. The molecule has 1 unspecified atom stereocenters. The molecule has 4 atom stereocenters. The average molecular weight is 884 g/mol. The molecule has 1 aromatic heterocycles. The molecule has 0 aliphatic carbocycles. The number of ether oxygens (including phenoxy) is 4. The van der Waals surface area contributed by atoms with Crippen LogP contribution in [0.15, 0.2) is 94.6 Å². The lowest BCUT2D eigenvalue weighted by molar-refractivity contribution is -0.173. The van der Waals surface area contributed by atoms with Gasteiger partial charge in [-0.05, 0) is 81.5 Å². The first-order valence-corrected chi connectivity index (χ1v) is 21.3. The number of carbonyl (C=O) groups is 1. The topological polar surface area (TPSA) is 166 Å². The van der Waals surface area contributed by atoms with Gasteiger partial charge in [-0.3, -0.25) is 19.1 Å². The third-order valence-corrected chi connectivity index (χ3v) is 12.4. The van der Waals surface area contributed by atoms with Gasteiger partial charge >= 0.3 is 17.8 Å². The highest BCUT2D eigenvalue weighted by atomic mass is 31.2. The van der Waals surface area contributed by atoms with Crippen LogP contribution in [0.2, 0.25) is 0 Å². The highest BCUT2D eigenvalue weighted by Gasteiger charge is 2.45. The summed E-state index contributed by atoms with van der Waals surface area (Å²) < 4.78 is 79.6. The zero-order valence-corrected chi connectivity index (χ0v) is 36.4. The molecule has 1 fully saturated rings. The SMILES string of the molecule is COc1ccc(C(OC[C@H]2O[C@@H](n3cc(CCCNC(=O)C(F)(F)F)c(=O)[nH]c3=O)C[C@@H]2OP(OCCC#N)N(C(C)C)C(C)C)(c2ccccc2)c2ccc(OC)cc2)cc1. The highest BCUT2D eigenvalue weighted by molar-refractivity contribution is 7.44. The number of aromatic amines is 1. The van der Waals surface area contributed by atoms with Crippen molar-refractivity contribution >= 4 is 14.4 Å². The predicted octanol–water partition coefficient (Wildman–Crippen LogP) is 7.12. The van der Waals surface area contributed by atoms with E-state index in [1.54, 1.807) is 19.5 Å². The summed E-state index contributed by atoms with van der Waals surface area (Å²) in [5, 5.41) is 11.1. The third kappa shape index (κ3) is 11.7. The van der Waals surface area contributed by atoms with Crippen molar-refractivity contribution in [1.29, 1.82) is 5.26 Å². The first-order valence-electron chi connectivity index (χ1n) is 20.2. The predicted molar refractivity (Wildman–Crippen MR) is 226 cm³/mol. The van der Waals surface area contributed by atoms with E-state index in [-0.39, 0.29) is 63.1 Å². The molecule has 0 bridgehead atoms. The number of nitriles is 1. The Balaban J connectivity index is 1.56. The van der Waals surface area contributed by atoms with E-state index in [2.05, 4.69) is 15.7 Å². The number of benzene rings is 3. The van der Waals surface area contributed by atoms with Gasteiger partial charge in [0.05, 0.1) is 46.0 Å². The Morgan fingerprint density at radius 3 is 2.06 bits per heavy atom. The molecule has 1 aliphatic heterocycles. The highest BCUT2D eigenvalue weighted by Crippen LogP contribution is 2.50. The fourth-order valence-corrected chi connectivity index (χ4v) is 9.08. The molecule has 1 aliphatic rings. The summed E-state index contributed by atoms with van der Waals surface area (Å²) in [6, 6.07) is 26.8. The van der Waals surface area contributed by atoms with Crippen molar-refractivity contribution in [3.8, 4) is 17.6 Å². The van der Waals surface area contributed by atoms with Gasteiger partial charge in [-0.2, -0.15) is 18.4 Å². The van der Waals surface area contributed by atoms with Gasteiger partial charge in [0.2, 0.25) is 0 Å². The molecule has 2 heterocycles.